The maximum Gasteiger partial charge on any atom is 0.328 e. The minimum atomic E-state index is -0.671. The van der Waals surface area contributed by atoms with Gasteiger partial charge < -0.3 is 15.4 Å². The first-order valence-electron chi connectivity index (χ1n) is 20.8. The van der Waals surface area contributed by atoms with Gasteiger partial charge in [0.05, 0.1) is 7.11 Å². The van der Waals surface area contributed by atoms with Crippen LogP contribution < -0.4 is 10.6 Å². The van der Waals surface area contributed by atoms with Crippen molar-refractivity contribution >= 4 is 17.8 Å². The summed E-state index contributed by atoms with van der Waals surface area (Å²) in [4.78, 5) is 36.9. The molecule has 6 heteroatoms. The summed E-state index contributed by atoms with van der Waals surface area (Å²) in [6, 6.07) is -0.671. The third-order valence-corrected chi connectivity index (χ3v) is 8.13. The maximum absolute atomic E-state index is 12.5. The Morgan fingerprint density at radius 1 is 0.455 bits per heavy atom. The highest BCUT2D eigenvalue weighted by molar-refractivity contribution is 5.84. The van der Waals surface area contributed by atoms with Gasteiger partial charge in [-0.2, -0.15) is 0 Å². The predicted octanol–water partition coefficient (Wildman–Crippen LogP) is 12.3. The monoisotopic (exact) mass is 755 g/mol. The summed E-state index contributed by atoms with van der Waals surface area (Å²) in [5, 5.41) is 5.78. The summed E-state index contributed by atoms with van der Waals surface area (Å²) in [5.41, 5.74) is 0. The lowest BCUT2D eigenvalue weighted by atomic mass is 10.1. The molecule has 0 aromatic rings. The van der Waals surface area contributed by atoms with Gasteiger partial charge in [0.15, 0.2) is 0 Å². The van der Waals surface area contributed by atoms with E-state index in [2.05, 4.69) is 152 Å². The van der Waals surface area contributed by atoms with Crippen molar-refractivity contribution in [1.82, 2.24) is 10.6 Å². The molecule has 2 amide bonds. The molecule has 55 heavy (non-hydrogen) atoms. The number of nitrogens with one attached hydrogen (secondary N) is 2. The molecule has 0 spiro atoms. The minimum absolute atomic E-state index is 0.0184. The topological polar surface area (TPSA) is 84.5 Å². The molecule has 0 bridgehead atoms. The van der Waals surface area contributed by atoms with Gasteiger partial charge in [-0.15, -0.1) is 0 Å². The van der Waals surface area contributed by atoms with Crippen molar-refractivity contribution in [3.8, 4) is 0 Å². The van der Waals surface area contributed by atoms with E-state index < -0.39 is 12.0 Å². The van der Waals surface area contributed by atoms with Crippen LogP contribution in [0.4, 0.5) is 0 Å². The number of carbonyl (C=O) groups is 3. The van der Waals surface area contributed by atoms with Crippen LogP contribution in [0.2, 0.25) is 0 Å². The Balaban J connectivity index is 3.97. The van der Waals surface area contributed by atoms with Gasteiger partial charge in [0.2, 0.25) is 11.8 Å². The zero-order valence-corrected chi connectivity index (χ0v) is 34.6. The Morgan fingerprint density at radius 2 is 0.836 bits per heavy atom. The fourth-order valence-electron chi connectivity index (χ4n) is 5.05. The van der Waals surface area contributed by atoms with Crippen molar-refractivity contribution in [3.05, 3.63) is 134 Å². The molecule has 0 aromatic carbocycles. The summed E-state index contributed by atoms with van der Waals surface area (Å²) in [5.74, 6) is -0.568. The molecule has 0 aliphatic heterocycles. The van der Waals surface area contributed by atoms with E-state index in [1.165, 1.54) is 7.11 Å². The number of unbranched alkanes of at least 4 members (excludes halogenated alkanes) is 2. The number of carbonyl (C=O) groups excluding carboxylic acids is 3. The Hall–Kier alpha value is -4.45. The molecule has 0 saturated carbocycles. The first kappa shape index (κ1) is 50.5. The molecule has 0 aliphatic rings. The van der Waals surface area contributed by atoms with Crippen molar-refractivity contribution in [1.29, 1.82) is 0 Å². The van der Waals surface area contributed by atoms with E-state index in [0.29, 0.717) is 38.6 Å². The maximum atomic E-state index is 12.5. The third-order valence-electron chi connectivity index (χ3n) is 8.13. The Bertz CT molecular complexity index is 1290. The molecule has 0 aliphatic carbocycles. The fraction of sp³-hybridized carbons (Fsp3) is 0.490. The highest BCUT2D eigenvalue weighted by Gasteiger charge is 2.20. The van der Waals surface area contributed by atoms with Crippen molar-refractivity contribution in [2.45, 2.75) is 142 Å². The normalized spacial score (nSPS) is 13.4. The summed E-state index contributed by atoms with van der Waals surface area (Å²) in [7, 11) is 1.33. The first-order chi connectivity index (χ1) is 27.0. The third kappa shape index (κ3) is 39.1. The molecular formula is C49H74N2O4. The Labute approximate surface area is 335 Å². The van der Waals surface area contributed by atoms with Crippen molar-refractivity contribution in [3.63, 3.8) is 0 Å². The number of hydrogen-bond acceptors (Lipinski definition) is 4. The van der Waals surface area contributed by atoms with Crippen LogP contribution >= 0.6 is 0 Å². The Morgan fingerprint density at radius 3 is 1.24 bits per heavy atom. The molecule has 0 aromatic heterocycles. The molecule has 0 rings (SSSR count). The van der Waals surface area contributed by atoms with E-state index in [4.69, 9.17) is 4.74 Å². The average Bonchev–Trinajstić information content (AvgIpc) is 3.19. The summed E-state index contributed by atoms with van der Waals surface area (Å²) in [6.45, 7) is 4.83. The number of methoxy groups -OCH3 is 1. The lowest BCUT2D eigenvalue weighted by molar-refractivity contribution is -0.145. The van der Waals surface area contributed by atoms with Gasteiger partial charge in [0.25, 0.3) is 0 Å². The number of allylic oxidation sites excluding steroid dienone is 22. The van der Waals surface area contributed by atoms with E-state index in [0.717, 1.165) is 89.9 Å². The van der Waals surface area contributed by atoms with Crippen LogP contribution in [0.15, 0.2) is 134 Å². The summed E-state index contributed by atoms with van der Waals surface area (Å²) < 4.78 is 4.91. The SMILES string of the molecule is CCC=CCC=CCC=CCC=CCC=CCC=CCCC(=O)NCCCCC(NC(=O)CCCC=CCC=CCC=CCC=CCC=CCC)C(=O)OC. The molecule has 0 saturated heterocycles. The van der Waals surface area contributed by atoms with Crippen molar-refractivity contribution in [2.75, 3.05) is 13.7 Å². The van der Waals surface area contributed by atoms with Crippen molar-refractivity contribution < 1.29 is 19.1 Å². The number of ether oxygens (including phenoxy) is 1. The molecular weight excluding hydrogens is 681 g/mol. The van der Waals surface area contributed by atoms with Gasteiger partial charge in [-0.05, 0) is 109 Å². The second-order valence-corrected chi connectivity index (χ2v) is 13.0. The van der Waals surface area contributed by atoms with Crippen LogP contribution in [-0.2, 0) is 19.1 Å². The average molecular weight is 755 g/mol. The highest BCUT2D eigenvalue weighted by atomic mass is 16.5. The van der Waals surface area contributed by atoms with Crippen LogP contribution in [0.5, 0.6) is 0 Å². The van der Waals surface area contributed by atoms with Gasteiger partial charge in [0, 0.05) is 19.4 Å². The van der Waals surface area contributed by atoms with E-state index in [9.17, 15) is 14.4 Å². The van der Waals surface area contributed by atoms with Gasteiger partial charge in [-0.1, -0.05) is 148 Å². The van der Waals surface area contributed by atoms with Crippen LogP contribution in [-0.4, -0.2) is 37.5 Å². The second kappa shape index (κ2) is 42.3. The molecule has 1 atom stereocenters. The van der Waals surface area contributed by atoms with E-state index in [1.807, 2.05) is 6.08 Å². The van der Waals surface area contributed by atoms with Crippen molar-refractivity contribution in [2.24, 2.45) is 0 Å². The fourth-order valence-corrected chi connectivity index (χ4v) is 5.05. The second-order valence-electron chi connectivity index (χ2n) is 13.0. The summed E-state index contributed by atoms with van der Waals surface area (Å²) >= 11 is 0. The van der Waals surface area contributed by atoms with Gasteiger partial charge in [-0.3, -0.25) is 9.59 Å². The predicted molar refractivity (Wildman–Crippen MR) is 237 cm³/mol. The molecule has 2 N–H and O–H groups in total. The van der Waals surface area contributed by atoms with Gasteiger partial charge >= 0.3 is 5.97 Å². The molecule has 304 valence electrons. The van der Waals surface area contributed by atoms with Crippen LogP contribution in [0, 0.1) is 0 Å². The standard InChI is InChI=1S/C49H74N2O4/c1-4-6-8-10-12-14-16-18-20-22-23-25-26-28-30-32-34-36-38-43-47(52)50-45-41-40-42-46(49(54)55-3)51-48(53)44-39-37-35-33-31-29-27-24-21-19-17-15-13-11-9-7-5-2/h6-9,12-15,18-21,23,25,27-30,33-36,46H,4-5,10-11,16-17,22,24,26,31-32,37-45H2,1-3H3,(H,50,52)(H,51,53). The van der Waals surface area contributed by atoms with Gasteiger partial charge in [0.1, 0.15) is 6.04 Å². The lowest BCUT2D eigenvalue weighted by Gasteiger charge is -2.16. The van der Waals surface area contributed by atoms with E-state index in [-0.39, 0.29) is 11.8 Å². The number of amides is 2. The van der Waals surface area contributed by atoms with Crippen LogP contribution in [0.3, 0.4) is 0 Å². The molecule has 1 unspecified atom stereocenters. The molecule has 6 nitrogen and oxygen atoms in total. The number of hydrogen-bond donors (Lipinski definition) is 2. The minimum Gasteiger partial charge on any atom is -0.467 e. The van der Waals surface area contributed by atoms with Crippen LogP contribution in [0.1, 0.15) is 136 Å². The Kier molecular flexibility index (Phi) is 38.9. The van der Waals surface area contributed by atoms with Crippen LogP contribution in [0.25, 0.3) is 0 Å². The van der Waals surface area contributed by atoms with E-state index >= 15 is 0 Å². The zero-order chi connectivity index (χ0) is 40.1. The zero-order valence-electron chi connectivity index (χ0n) is 34.6. The molecule has 0 radical (unpaired) electrons. The number of rotatable bonds is 34. The number of esters is 1. The quantitative estimate of drug-likeness (QED) is 0.0389. The highest BCUT2D eigenvalue weighted by Crippen LogP contribution is 2.06. The summed E-state index contributed by atoms with van der Waals surface area (Å²) in [6.07, 6.45) is 63.3. The first-order valence-corrected chi connectivity index (χ1v) is 20.8. The molecule has 0 heterocycles. The van der Waals surface area contributed by atoms with E-state index in [1.54, 1.807) is 0 Å². The smallest absolute Gasteiger partial charge is 0.328 e. The van der Waals surface area contributed by atoms with Gasteiger partial charge in [-0.25, -0.2) is 4.79 Å². The largest absolute Gasteiger partial charge is 0.467 e. The lowest BCUT2D eigenvalue weighted by Crippen LogP contribution is -2.41. The molecule has 0 fully saturated rings.